The van der Waals surface area contributed by atoms with E-state index in [1.807, 2.05) is 13.8 Å². The molecular formula is C13H20ClFN5+. The van der Waals surface area contributed by atoms with E-state index < -0.39 is 6.17 Å². The lowest BCUT2D eigenvalue weighted by Crippen LogP contribution is -2.80. The van der Waals surface area contributed by atoms with Gasteiger partial charge in [0.1, 0.15) is 29.8 Å². The molecule has 1 heterocycles. The van der Waals surface area contributed by atoms with Gasteiger partial charge in [0.15, 0.2) is 0 Å². The molecular weight excluding hydrogens is 281 g/mol. The summed E-state index contributed by atoms with van der Waals surface area (Å²) in [6.45, 7) is 5.76. The molecule has 0 saturated heterocycles. The Kier molecular flexibility index (Phi) is 6.54. The standard InChI is InChI=1S/C13H19ClFN5/c1-8(2)19-11-4-13(14)18-6-10(11)12(20-16)7-17-5-9(3)15/h4,6-9,16-17H,5H2,1-3H3,(H,18,19)/p+1. The number of anilines is 1. The highest BCUT2D eigenvalue weighted by atomic mass is 35.5. The van der Waals surface area contributed by atoms with Crippen molar-refractivity contribution in [1.82, 2.24) is 4.98 Å². The minimum Gasteiger partial charge on any atom is -0.382 e. The number of aromatic nitrogens is 1. The van der Waals surface area contributed by atoms with Crippen LogP contribution in [0, 0.1) is 5.53 Å². The number of pyridine rings is 1. The van der Waals surface area contributed by atoms with Crippen molar-refractivity contribution in [3.63, 3.8) is 0 Å². The minimum atomic E-state index is -0.921. The Balaban J connectivity index is 3.04. The van der Waals surface area contributed by atoms with Crippen LogP contribution in [0.2, 0.25) is 5.15 Å². The first-order chi connectivity index (χ1) is 9.43. The number of rotatable bonds is 7. The predicted molar refractivity (Wildman–Crippen MR) is 78.5 cm³/mol. The van der Waals surface area contributed by atoms with Crippen LogP contribution in [0.4, 0.5) is 10.1 Å². The molecule has 4 N–H and O–H groups in total. The van der Waals surface area contributed by atoms with Gasteiger partial charge in [-0.3, -0.25) is 0 Å². The van der Waals surface area contributed by atoms with Crippen molar-refractivity contribution in [2.45, 2.75) is 33.0 Å². The molecule has 1 rings (SSSR count). The van der Waals surface area contributed by atoms with Crippen molar-refractivity contribution in [3.8, 4) is 0 Å². The monoisotopic (exact) mass is 300 g/mol. The number of nitrogens with one attached hydrogen (secondary N) is 2. The van der Waals surface area contributed by atoms with Gasteiger partial charge in [0.05, 0.1) is 0 Å². The molecule has 0 spiro atoms. The van der Waals surface area contributed by atoms with Crippen LogP contribution in [0.5, 0.6) is 0 Å². The summed E-state index contributed by atoms with van der Waals surface area (Å²) in [5, 5.41) is 8.74. The van der Waals surface area contributed by atoms with Gasteiger partial charge in [-0.1, -0.05) is 11.6 Å². The highest BCUT2D eigenvalue weighted by molar-refractivity contribution is 6.29. The SMILES string of the molecule is CC(F)C[NH2+]C=C(N=N)c1cnc(Cl)cc1NC(C)C. The Labute approximate surface area is 123 Å². The van der Waals surface area contributed by atoms with Crippen LogP contribution in [0.3, 0.4) is 0 Å². The third-order valence-electron chi connectivity index (χ3n) is 2.45. The Morgan fingerprint density at radius 1 is 1.60 bits per heavy atom. The summed E-state index contributed by atoms with van der Waals surface area (Å²) in [4.78, 5) is 4.01. The molecule has 0 saturated carbocycles. The van der Waals surface area contributed by atoms with E-state index in [0.29, 0.717) is 16.4 Å². The number of quaternary nitrogens is 1. The molecule has 1 unspecified atom stereocenters. The highest BCUT2D eigenvalue weighted by Crippen LogP contribution is 2.26. The lowest BCUT2D eigenvalue weighted by molar-refractivity contribution is -0.592. The summed E-state index contributed by atoms with van der Waals surface area (Å²) < 4.78 is 12.8. The average molecular weight is 301 g/mol. The number of nitrogens with zero attached hydrogens (tertiary/aromatic N) is 2. The summed E-state index contributed by atoms with van der Waals surface area (Å²) in [5.41, 5.74) is 9.11. The van der Waals surface area contributed by atoms with Gasteiger partial charge in [0.25, 0.3) is 0 Å². The fraction of sp³-hybridized carbons (Fsp3) is 0.462. The summed E-state index contributed by atoms with van der Waals surface area (Å²) in [6.07, 6.45) is 2.26. The number of hydrogen-bond donors (Lipinski definition) is 3. The van der Waals surface area contributed by atoms with Crippen LogP contribution >= 0.6 is 11.6 Å². The lowest BCUT2D eigenvalue weighted by atomic mass is 10.1. The van der Waals surface area contributed by atoms with Gasteiger partial charge in [-0.2, -0.15) is 5.11 Å². The van der Waals surface area contributed by atoms with Gasteiger partial charge in [-0.05, 0) is 26.8 Å². The molecule has 0 bridgehead atoms. The zero-order valence-corrected chi connectivity index (χ0v) is 12.6. The first-order valence-corrected chi connectivity index (χ1v) is 6.79. The largest absolute Gasteiger partial charge is 0.382 e. The van der Waals surface area contributed by atoms with Crippen molar-refractivity contribution < 1.29 is 9.71 Å². The summed E-state index contributed by atoms with van der Waals surface area (Å²) in [7, 11) is 0. The number of nitrogens with two attached hydrogens (primary N) is 1. The molecule has 0 aliphatic rings. The topological polar surface area (TPSA) is 77.7 Å². The second-order valence-electron chi connectivity index (χ2n) is 4.77. The van der Waals surface area contributed by atoms with Crippen LogP contribution in [-0.2, 0) is 0 Å². The van der Waals surface area contributed by atoms with Gasteiger partial charge in [-0.15, -0.1) is 0 Å². The van der Waals surface area contributed by atoms with E-state index in [1.165, 1.54) is 6.92 Å². The van der Waals surface area contributed by atoms with E-state index in [0.717, 1.165) is 5.69 Å². The van der Waals surface area contributed by atoms with Crippen molar-refractivity contribution in [1.29, 1.82) is 5.53 Å². The first kappa shape index (κ1) is 16.5. The maximum absolute atomic E-state index is 12.8. The fourth-order valence-electron chi connectivity index (χ4n) is 1.62. The van der Waals surface area contributed by atoms with Crippen molar-refractivity contribution in [2.24, 2.45) is 5.11 Å². The average Bonchev–Trinajstić information content (AvgIpc) is 2.34. The molecule has 110 valence electrons. The third-order valence-corrected chi connectivity index (χ3v) is 2.65. The van der Waals surface area contributed by atoms with Gasteiger partial charge < -0.3 is 10.6 Å². The molecule has 7 heteroatoms. The molecule has 0 aliphatic heterocycles. The van der Waals surface area contributed by atoms with Gasteiger partial charge >= 0.3 is 0 Å². The highest BCUT2D eigenvalue weighted by Gasteiger charge is 2.12. The Bertz CT molecular complexity index is 488. The zero-order valence-electron chi connectivity index (χ0n) is 11.8. The number of alkyl halides is 1. The van der Waals surface area contributed by atoms with E-state index in [1.54, 1.807) is 23.8 Å². The number of halogens is 2. The van der Waals surface area contributed by atoms with E-state index >= 15 is 0 Å². The van der Waals surface area contributed by atoms with Crippen LogP contribution < -0.4 is 10.6 Å². The van der Waals surface area contributed by atoms with E-state index in [9.17, 15) is 4.39 Å². The van der Waals surface area contributed by atoms with Crippen LogP contribution in [0.25, 0.3) is 5.70 Å². The molecule has 5 nitrogen and oxygen atoms in total. The number of hydrogen-bond acceptors (Lipinski definition) is 4. The molecule has 1 atom stereocenters. The molecule has 0 fully saturated rings. The Morgan fingerprint density at radius 2 is 2.30 bits per heavy atom. The van der Waals surface area contributed by atoms with Crippen LogP contribution in [0.1, 0.15) is 26.3 Å². The molecule has 0 radical (unpaired) electrons. The minimum absolute atomic E-state index is 0.203. The maximum atomic E-state index is 12.8. The molecule has 0 amide bonds. The first-order valence-electron chi connectivity index (χ1n) is 6.41. The molecule has 20 heavy (non-hydrogen) atoms. The van der Waals surface area contributed by atoms with Crippen molar-refractivity contribution in [3.05, 3.63) is 29.2 Å². The molecule has 1 aromatic heterocycles. The maximum Gasteiger partial charge on any atom is 0.149 e. The summed E-state index contributed by atoms with van der Waals surface area (Å²) >= 11 is 5.89. The fourth-order valence-corrected chi connectivity index (χ4v) is 1.78. The van der Waals surface area contributed by atoms with Crippen molar-refractivity contribution >= 4 is 23.0 Å². The van der Waals surface area contributed by atoms with E-state index in [-0.39, 0.29) is 12.6 Å². The van der Waals surface area contributed by atoms with Crippen LogP contribution in [0.15, 0.2) is 23.6 Å². The van der Waals surface area contributed by atoms with Gasteiger partial charge in [-0.25, -0.2) is 14.9 Å². The van der Waals surface area contributed by atoms with E-state index in [4.69, 9.17) is 17.1 Å². The van der Waals surface area contributed by atoms with Gasteiger partial charge in [0, 0.05) is 23.5 Å². The lowest BCUT2D eigenvalue weighted by Gasteiger charge is -2.14. The molecule has 1 aromatic rings. The quantitative estimate of drug-likeness (QED) is 0.535. The summed E-state index contributed by atoms with van der Waals surface area (Å²) in [6, 6.07) is 1.89. The zero-order chi connectivity index (χ0) is 15.1. The predicted octanol–water partition coefficient (Wildman–Crippen LogP) is 2.81. The second-order valence-corrected chi connectivity index (χ2v) is 5.15. The summed E-state index contributed by atoms with van der Waals surface area (Å²) in [5.74, 6) is 0. The van der Waals surface area contributed by atoms with Gasteiger partial charge in [0.2, 0.25) is 0 Å². The third kappa shape index (κ3) is 5.22. The Morgan fingerprint density at radius 3 is 2.85 bits per heavy atom. The van der Waals surface area contributed by atoms with Crippen LogP contribution in [-0.4, -0.2) is 23.7 Å². The van der Waals surface area contributed by atoms with E-state index in [2.05, 4.69) is 15.4 Å². The second kappa shape index (κ2) is 7.91. The smallest absolute Gasteiger partial charge is 0.149 e. The normalized spacial score (nSPS) is 13.4. The Hall–Kier alpha value is -1.53. The van der Waals surface area contributed by atoms with Crippen molar-refractivity contribution in [2.75, 3.05) is 11.9 Å². The molecule has 0 aromatic carbocycles. The molecule has 0 aliphatic carbocycles.